The van der Waals surface area contributed by atoms with Gasteiger partial charge in [-0.2, -0.15) is 0 Å². The Labute approximate surface area is 120 Å². The highest BCUT2D eigenvalue weighted by Crippen LogP contribution is 2.22. The van der Waals surface area contributed by atoms with Crippen LogP contribution in [0.15, 0.2) is 48.5 Å². The van der Waals surface area contributed by atoms with Crippen LogP contribution in [0.2, 0.25) is 0 Å². The van der Waals surface area contributed by atoms with Gasteiger partial charge in [0.2, 0.25) is 5.91 Å². The summed E-state index contributed by atoms with van der Waals surface area (Å²) in [5.41, 5.74) is 6.44. The highest BCUT2D eigenvalue weighted by Gasteiger charge is 2.17. The molecule has 0 aromatic heterocycles. The Bertz CT molecular complexity index is 671. The summed E-state index contributed by atoms with van der Waals surface area (Å²) in [5, 5.41) is 20.8. The summed E-state index contributed by atoms with van der Waals surface area (Å²) in [6.07, 6.45) is 0. The molecule has 0 saturated heterocycles. The Morgan fingerprint density at radius 3 is 2.38 bits per heavy atom. The predicted molar refractivity (Wildman–Crippen MR) is 77.1 cm³/mol. The number of carboxylic acids is 1. The van der Waals surface area contributed by atoms with Gasteiger partial charge in [-0.1, -0.05) is 30.3 Å². The lowest BCUT2D eigenvalue weighted by atomic mass is 10.1. The zero-order valence-corrected chi connectivity index (χ0v) is 11.0. The van der Waals surface area contributed by atoms with Crippen molar-refractivity contribution in [1.82, 2.24) is 0 Å². The standard InChI is InChI=1S/C15H14N2O4/c16-13(9-4-2-1-3-5-9)14(19)17-10-6-7-12(18)11(8-10)15(20)21/h1-8,13,18H,16H2,(H,17,19)(H,20,21). The molecule has 0 aliphatic carbocycles. The van der Waals surface area contributed by atoms with E-state index in [4.69, 9.17) is 10.8 Å². The van der Waals surface area contributed by atoms with E-state index in [0.29, 0.717) is 5.56 Å². The van der Waals surface area contributed by atoms with Gasteiger partial charge in [0.15, 0.2) is 0 Å². The number of aromatic hydroxyl groups is 1. The molecule has 0 radical (unpaired) electrons. The third-order valence-corrected chi connectivity index (χ3v) is 2.94. The average Bonchev–Trinajstić information content (AvgIpc) is 2.49. The number of nitrogens with one attached hydrogen (secondary N) is 1. The van der Waals surface area contributed by atoms with Crippen molar-refractivity contribution in [2.75, 3.05) is 5.32 Å². The third-order valence-electron chi connectivity index (χ3n) is 2.94. The second kappa shape index (κ2) is 6.06. The molecule has 2 aromatic carbocycles. The minimum absolute atomic E-state index is 0.251. The van der Waals surface area contributed by atoms with Crippen LogP contribution in [0.4, 0.5) is 5.69 Å². The number of anilines is 1. The van der Waals surface area contributed by atoms with Crippen LogP contribution in [0.25, 0.3) is 0 Å². The number of rotatable bonds is 4. The summed E-state index contributed by atoms with van der Waals surface area (Å²) in [5.74, 6) is -2.12. The van der Waals surface area contributed by atoms with E-state index in [-0.39, 0.29) is 17.0 Å². The van der Waals surface area contributed by atoms with Crippen molar-refractivity contribution in [3.05, 3.63) is 59.7 Å². The van der Waals surface area contributed by atoms with Crippen LogP contribution in [0.1, 0.15) is 22.0 Å². The lowest BCUT2D eigenvalue weighted by Gasteiger charge is -2.13. The monoisotopic (exact) mass is 286 g/mol. The molecule has 0 fully saturated rings. The normalized spacial score (nSPS) is 11.7. The molecule has 2 rings (SSSR count). The van der Waals surface area contributed by atoms with Gasteiger partial charge in [-0.25, -0.2) is 4.79 Å². The Morgan fingerprint density at radius 2 is 1.76 bits per heavy atom. The first-order chi connectivity index (χ1) is 9.99. The lowest BCUT2D eigenvalue weighted by Crippen LogP contribution is -2.27. The molecule has 21 heavy (non-hydrogen) atoms. The molecule has 0 spiro atoms. The minimum atomic E-state index is -1.28. The van der Waals surface area contributed by atoms with E-state index < -0.39 is 17.9 Å². The summed E-state index contributed by atoms with van der Waals surface area (Å²) in [4.78, 5) is 23.0. The molecule has 108 valence electrons. The highest BCUT2D eigenvalue weighted by atomic mass is 16.4. The van der Waals surface area contributed by atoms with Crippen LogP contribution in [0, 0.1) is 0 Å². The maximum atomic E-state index is 12.0. The first-order valence-corrected chi connectivity index (χ1v) is 6.16. The molecular formula is C15H14N2O4. The molecule has 2 aromatic rings. The zero-order chi connectivity index (χ0) is 15.4. The second-order valence-corrected chi connectivity index (χ2v) is 4.41. The summed E-state index contributed by atoms with van der Waals surface area (Å²) in [7, 11) is 0. The molecular weight excluding hydrogens is 272 g/mol. The maximum Gasteiger partial charge on any atom is 0.339 e. The second-order valence-electron chi connectivity index (χ2n) is 4.41. The first kappa shape index (κ1) is 14.5. The summed E-state index contributed by atoms with van der Waals surface area (Å²) < 4.78 is 0. The lowest BCUT2D eigenvalue weighted by molar-refractivity contribution is -0.117. The minimum Gasteiger partial charge on any atom is -0.507 e. The van der Waals surface area contributed by atoms with Crippen molar-refractivity contribution < 1.29 is 19.8 Å². The van der Waals surface area contributed by atoms with E-state index in [2.05, 4.69) is 5.32 Å². The Kier molecular flexibility index (Phi) is 4.20. The summed E-state index contributed by atoms with van der Waals surface area (Å²) in [6.45, 7) is 0. The van der Waals surface area contributed by atoms with Gasteiger partial charge in [0.05, 0.1) is 0 Å². The fourth-order valence-corrected chi connectivity index (χ4v) is 1.82. The fourth-order valence-electron chi connectivity index (χ4n) is 1.82. The Morgan fingerprint density at radius 1 is 1.10 bits per heavy atom. The van der Waals surface area contributed by atoms with Crippen LogP contribution < -0.4 is 11.1 Å². The van der Waals surface area contributed by atoms with Crippen LogP contribution in [-0.4, -0.2) is 22.1 Å². The fraction of sp³-hybridized carbons (Fsp3) is 0.0667. The Hall–Kier alpha value is -2.86. The molecule has 0 aliphatic heterocycles. The van der Waals surface area contributed by atoms with Crippen molar-refractivity contribution in [2.45, 2.75) is 6.04 Å². The van der Waals surface area contributed by atoms with Gasteiger partial charge in [-0.15, -0.1) is 0 Å². The number of aromatic carboxylic acids is 1. The number of hydrogen-bond donors (Lipinski definition) is 4. The van der Waals surface area contributed by atoms with Gasteiger partial charge < -0.3 is 21.3 Å². The smallest absolute Gasteiger partial charge is 0.339 e. The first-order valence-electron chi connectivity index (χ1n) is 6.16. The van der Waals surface area contributed by atoms with Crippen LogP contribution in [0.3, 0.4) is 0 Å². The zero-order valence-electron chi connectivity index (χ0n) is 11.0. The number of nitrogens with two attached hydrogens (primary N) is 1. The highest BCUT2D eigenvalue weighted by molar-refractivity contribution is 5.98. The molecule has 1 amide bonds. The van der Waals surface area contributed by atoms with E-state index in [0.717, 1.165) is 0 Å². The van der Waals surface area contributed by atoms with E-state index in [1.165, 1.54) is 18.2 Å². The average molecular weight is 286 g/mol. The van der Waals surface area contributed by atoms with Crippen molar-refractivity contribution in [3.8, 4) is 5.75 Å². The van der Waals surface area contributed by atoms with Crippen LogP contribution in [-0.2, 0) is 4.79 Å². The number of amides is 1. The van der Waals surface area contributed by atoms with Gasteiger partial charge in [-0.05, 0) is 23.8 Å². The number of benzene rings is 2. The number of carboxylic acid groups (broad SMARTS) is 1. The molecule has 0 heterocycles. The molecule has 0 bridgehead atoms. The van der Waals surface area contributed by atoms with Crippen molar-refractivity contribution in [3.63, 3.8) is 0 Å². The SMILES string of the molecule is NC(C(=O)Nc1ccc(O)c(C(=O)O)c1)c1ccccc1. The topological polar surface area (TPSA) is 113 Å². The van der Waals surface area contributed by atoms with E-state index in [9.17, 15) is 14.7 Å². The van der Waals surface area contributed by atoms with Gasteiger partial charge in [-0.3, -0.25) is 4.79 Å². The van der Waals surface area contributed by atoms with E-state index in [1.807, 2.05) is 6.07 Å². The molecule has 1 atom stereocenters. The van der Waals surface area contributed by atoms with Crippen molar-refractivity contribution >= 4 is 17.6 Å². The quantitative estimate of drug-likeness (QED) is 0.639. The van der Waals surface area contributed by atoms with Gasteiger partial charge in [0.25, 0.3) is 0 Å². The molecule has 0 aliphatic rings. The molecule has 5 N–H and O–H groups in total. The summed E-state index contributed by atoms with van der Waals surface area (Å²) in [6, 6.07) is 11.7. The largest absolute Gasteiger partial charge is 0.507 e. The van der Waals surface area contributed by atoms with Gasteiger partial charge in [0.1, 0.15) is 17.4 Å². The number of phenols is 1. The Balaban J connectivity index is 2.16. The molecule has 6 nitrogen and oxygen atoms in total. The van der Waals surface area contributed by atoms with Crippen LogP contribution >= 0.6 is 0 Å². The predicted octanol–water partition coefficient (Wildman–Crippen LogP) is 1.73. The van der Waals surface area contributed by atoms with Crippen molar-refractivity contribution in [2.24, 2.45) is 5.73 Å². The van der Waals surface area contributed by atoms with Crippen molar-refractivity contribution in [1.29, 1.82) is 0 Å². The van der Waals surface area contributed by atoms with Gasteiger partial charge in [0, 0.05) is 5.69 Å². The van der Waals surface area contributed by atoms with Gasteiger partial charge >= 0.3 is 5.97 Å². The third kappa shape index (κ3) is 3.37. The number of carbonyl (C=O) groups is 2. The van der Waals surface area contributed by atoms with E-state index >= 15 is 0 Å². The maximum absolute atomic E-state index is 12.0. The van der Waals surface area contributed by atoms with Crippen LogP contribution in [0.5, 0.6) is 5.75 Å². The van der Waals surface area contributed by atoms with E-state index in [1.54, 1.807) is 24.3 Å². The molecule has 0 saturated carbocycles. The number of hydrogen-bond acceptors (Lipinski definition) is 4. The molecule has 6 heteroatoms. The summed E-state index contributed by atoms with van der Waals surface area (Å²) >= 11 is 0. The number of carbonyl (C=O) groups excluding carboxylic acids is 1. The molecule has 1 unspecified atom stereocenters.